The summed E-state index contributed by atoms with van der Waals surface area (Å²) in [6.45, 7) is 1.79. The molecule has 2 rings (SSSR count). The molecule has 1 aromatic heterocycles. The van der Waals surface area contributed by atoms with E-state index < -0.39 is 16.0 Å². The van der Waals surface area contributed by atoms with Crippen LogP contribution in [0, 0.1) is 6.92 Å². The Morgan fingerprint density at radius 3 is 2.71 bits per heavy atom. The summed E-state index contributed by atoms with van der Waals surface area (Å²) < 4.78 is 31.8. The average Bonchev–Trinajstić information content (AvgIpc) is 2.91. The van der Waals surface area contributed by atoms with Crippen molar-refractivity contribution in [3.8, 4) is 0 Å². The van der Waals surface area contributed by atoms with Crippen LogP contribution in [-0.2, 0) is 16.4 Å². The van der Waals surface area contributed by atoms with E-state index in [0.717, 1.165) is 6.07 Å². The average molecular weight is 309 g/mol. The summed E-state index contributed by atoms with van der Waals surface area (Å²) in [5.74, 6) is -0.479. The number of hydrogen-bond acceptors (Lipinski definition) is 4. The number of furan rings is 1. The standard InChI is InChI=1S/C14H15NO5S/c1-10-4-5-12(9-13(10)14(16)17)21(18,19)15-7-6-11-3-2-8-20-11/h2-5,8-9,15H,6-7H2,1H3,(H,16,17). The highest BCUT2D eigenvalue weighted by molar-refractivity contribution is 7.89. The van der Waals surface area contributed by atoms with E-state index in [1.807, 2.05) is 0 Å². The maximum absolute atomic E-state index is 12.1. The molecule has 0 fully saturated rings. The van der Waals surface area contributed by atoms with Gasteiger partial charge in [-0.15, -0.1) is 0 Å². The lowest BCUT2D eigenvalue weighted by Gasteiger charge is -2.08. The number of carboxylic acid groups (broad SMARTS) is 1. The molecule has 0 unspecified atom stereocenters. The molecule has 0 bridgehead atoms. The minimum atomic E-state index is -3.74. The van der Waals surface area contributed by atoms with Crippen LogP contribution >= 0.6 is 0 Å². The SMILES string of the molecule is Cc1ccc(S(=O)(=O)NCCc2ccco2)cc1C(=O)O. The molecule has 0 aliphatic carbocycles. The summed E-state index contributed by atoms with van der Waals surface area (Å²) in [7, 11) is -3.74. The third kappa shape index (κ3) is 3.71. The summed E-state index contributed by atoms with van der Waals surface area (Å²) in [6, 6.07) is 7.50. The second kappa shape index (κ2) is 6.11. The third-order valence-corrected chi connectivity index (χ3v) is 4.45. The van der Waals surface area contributed by atoms with Crippen molar-refractivity contribution in [3.63, 3.8) is 0 Å². The number of aryl methyl sites for hydroxylation is 1. The van der Waals surface area contributed by atoms with E-state index in [1.165, 1.54) is 18.4 Å². The van der Waals surface area contributed by atoms with E-state index in [2.05, 4.69) is 4.72 Å². The molecule has 0 radical (unpaired) electrons. The zero-order chi connectivity index (χ0) is 15.5. The highest BCUT2D eigenvalue weighted by atomic mass is 32.2. The second-order valence-electron chi connectivity index (χ2n) is 4.51. The third-order valence-electron chi connectivity index (χ3n) is 2.99. The Hall–Kier alpha value is -2.12. The van der Waals surface area contributed by atoms with E-state index in [0.29, 0.717) is 17.7 Å². The van der Waals surface area contributed by atoms with Gasteiger partial charge >= 0.3 is 5.97 Å². The molecule has 1 aromatic carbocycles. The van der Waals surface area contributed by atoms with Crippen LogP contribution in [0.15, 0.2) is 45.9 Å². The maximum atomic E-state index is 12.1. The molecule has 0 aliphatic rings. The van der Waals surface area contributed by atoms with Crippen molar-refractivity contribution >= 4 is 16.0 Å². The quantitative estimate of drug-likeness (QED) is 0.848. The van der Waals surface area contributed by atoms with Crippen LogP contribution in [0.5, 0.6) is 0 Å². The molecule has 0 saturated heterocycles. The summed E-state index contributed by atoms with van der Waals surface area (Å²) in [5, 5.41) is 9.03. The molecule has 7 heteroatoms. The molecule has 1 heterocycles. The minimum Gasteiger partial charge on any atom is -0.478 e. The van der Waals surface area contributed by atoms with Crippen molar-refractivity contribution in [1.82, 2.24) is 4.72 Å². The number of benzene rings is 1. The number of carbonyl (C=O) groups is 1. The van der Waals surface area contributed by atoms with Crippen molar-refractivity contribution in [2.45, 2.75) is 18.2 Å². The first kappa shape index (κ1) is 15.3. The first-order valence-corrected chi connectivity index (χ1v) is 7.74. The van der Waals surface area contributed by atoms with Gasteiger partial charge in [-0.2, -0.15) is 0 Å². The van der Waals surface area contributed by atoms with Crippen molar-refractivity contribution in [2.24, 2.45) is 0 Å². The Labute approximate surface area is 122 Å². The van der Waals surface area contributed by atoms with Crippen LogP contribution in [0.1, 0.15) is 21.7 Å². The van der Waals surface area contributed by atoms with Gasteiger partial charge in [0.25, 0.3) is 0 Å². The fourth-order valence-corrected chi connectivity index (χ4v) is 2.90. The lowest BCUT2D eigenvalue weighted by atomic mass is 10.1. The zero-order valence-corrected chi connectivity index (χ0v) is 12.2. The van der Waals surface area contributed by atoms with Gasteiger partial charge in [0.1, 0.15) is 5.76 Å². The number of nitrogens with one attached hydrogen (secondary N) is 1. The Morgan fingerprint density at radius 2 is 2.10 bits per heavy atom. The van der Waals surface area contributed by atoms with Crippen LogP contribution < -0.4 is 4.72 Å². The maximum Gasteiger partial charge on any atom is 0.335 e. The highest BCUT2D eigenvalue weighted by Crippen LogP contribution is 2.15. The topological polar surface area (TPSA) is 96.6 Å². The molecule has 2 N–H and O–H groups in total. The van der Waals surface area contributed by atoms with Gasteiger partial charge in [-0.3, -0.25) is 0 Å². The monoisotopic (exact) mass is 309 g/mol. The normalized spacial score (nSPS) is 11.5. The van der Waals surface area contributed by atoms with Crippen LogP contribution in [-0.4, -0.2) is 26.0 Å². The number of hydrogen-bond donors (Lipinski definition) is 2. The summed E-state index contributed by atoms with van der Waals surface area (Å²) in [4.78, 5) is 11.0. The Kier molecular flexibility index (Phi) is 4.44. The Bertz CT molecular complexity index is 735. The van der Waals surface area contributed by atoms with Gasteiger partial charge in [-0.1, -0.05) is 6.07 Å². The molecule has 0 saturated carbocycles. The van der Waals surface area contributed by atoms with Crippen molar-refractivity contribution in [3.05, 3.63) is 53.5 Å². The fraction of sp³-hybridized carbons (Fsp3) is 0.214. The van der Waals surface area contributed by atoms with Crippen LogP contribution in [0.3, 0.4) is 0 Å². The lowest BCUT2D eigenvalue weighted by molar-refractivity contribution is 0.0696. The van der Waals surface area contributed by atoms with Crippen molar-refractivity contribution in [1.29, 1.82) is 0 Å². The molecule has 0 atom stereocenters. The molecular weight excluding hydrogens is 294 g/mol. The molecule has 112 valence electrons. The molecule has 2 aromatic rings. The van der Waals surface area contributed by atoms with E-state index in [4.69, 9.17) is 9.52 Å². The van der Waals surface area contributed by atoms with Gasteiger partial charge in [-0.05, 0) is 36.8 Å². The Balaban J connectivity index is 2.12. The minimum absolute atomic E-state index is 0.0242. The second-order valence-corrected chi connectivity index (χ2v) is 6.28. The van der Waals surface area contributed by atoms with Gasteiger partial charge in [0.15, 0.2) is 0 Å². The smallest absolute Gasteiger partial charge is 0.335 e. The Morgan fingerprint density at radius 1 is 1.33 bits per heavy atom. The van der Waals surface area contributed by atoms with Crippen LogP contribution in [0.2, 0.25) is 0 Å². The van der Waals surface area contributed by atoms with Crippen LogP contribution in [0.4, 0.5) is 0 Å². The first-order valence-electron chi connectivity index (χ1n) is 6.26. The van der Waals surface area contributed by atoms with Gasteiger partial charge < -0.3 is 9.52 Å². The molecule has 0 amide bonds. The largest absolute Gasteiger partial charge is 0.478 e. The van der Waals surface area contributed by atoms with Gasteiger partial charge in [0, 0.05) is 13.0 Å². The van der Waals surface area contributed by atoms with Crippen LogP contribution in [0.25, 0.3) is 0 Å². The summed E-state index contributed by atoms with van der Waals surface area (Å²) in [5.41, 5.74) is 0.487. The van der Waals surface area contributed by atoms with Gasteiger partial charge in [0.2, 0.25) is 10.0 Å². The van der Waals surface area contributed by atoms with Crippen molar-refractivity contribution in [2.75, 3.05) is 6.54 Å². The molecule has 21 heavy (non-hydrogen) atoms. The fourth-order valence-electron chi connectivity index (χ4n) is 1.85. The predicted octanol–water partition coefficient (Wildman–Crippen LogP) is 1.81. The number of rotatable bonds is 6. The molecule has 0 aliphatic heterocycles. The molecular formula is C14H15NO5S. The molecule has 6 nitrogen and oxygen atoms in total. The number of sulfonamides is 1. The number of carboxylic acids is 1. The van der Waals surface area contributed by atoms with Gasteiger partial charge in [-0.25, -0.2) is 17.9 Å². The van der Waals surface area contributed by atoms with E-state index in [9.17, 15) is 13.2 Å². The number of aromatic carboxylic acids is 1. The van der Waals surface area contributed by atoms with E-state index in [-0.39, 0.29) is 17.0 Å². The van der Waals surface area contributed by atoms with E-state index in [1.54, 1.807) is 19.1 Å². The zero-order valence-electron chi connectivity index (χ0n) is 11.4. The molecule has 0 spiro atoms. The first-order chi connectivity index (χ1) is 9.90. The van der Waals surface area contributed by atoms with Crippen molar-refractivity contribution < 1.29 is 22.7 Å². The summed E-state index contributed by atoms with van der Waals surface area (Å²) in [6.07, 6.45) is 1.94. The lowest BCUT2D eigenvalue weighted by Crippen LogP contribution is -2.26. The van der Waals surface area contributed by atoms with Gasteiger partial charge in [0.05, 0.1) is 16.7 Å². The summed E-state index contributed by atoms with van der Waals surface area (Å²) >= 11 is 0. The predicted molar refractivity (Wildman–Crippen MR) is 75.7 cm³/mol. The highest BCUT2D eigenvalue weighted by Gasteiger charge is 2.17. The van der Waals surface area contributed by atoms with E-state index >= 15 is 0 Å².